The summed E-state index contributed by atoms with van der Waals surface area (Å²) >= 11 is 1.52. The van der Waals surface area contributed by atoms with Crippen LogP contribution in [-0.4, -0.2) is 48.9 Å². The maximum atomic E-state index is 9.47. The molecule has 0 aliphatic carbocycles. The second-order valence-corrected chi connectivity index (χ2v) is 8.09. The quantitative estimate of drug-likeness (QED) is 0.452. The summed E-state index contributed by atoms with van der Waals surface area (Å²) in [6.45, 7) is 3.12. The molecule has 0 amide bonds. The Morgan fingerprint density at radius 2 is 2.17 bits per heavy atom. The smallest absolute Gasteiger partial charge is 0.216 e. The van der Waals surface area contributed by atoms with E-state index in [0.29, 0.717) is 16.9 Å². The van der Waals surface area contributed by atoms with Gasteiger partial charge in [-0.15, -0.1) is 0 Å². The normalized spacial score (nSPS) is 16.2. The lowest BCUT2D eigenvalue weighted by molar-refractivity contribution is 0.226. The molecule has 1 aliphatic heterocycles. The zero-order valence-corrected chi connectivity index (χ0v) is 16.7. The fourth-order valence-corrected chi connectivity index (χ4v) is 4.25. The molecular formula is C20H21N7OS. The van der Waals surface area contributed by atoms with Gasteiger partial charge in [-0.05, 0) is 55.4 Å². The Balaban J connectivity index is 1.43. The highest BCUT2D eigenvalue weighted by atomic mass is 32.2. The molecule has 0 bridgehead atoms. The van der Waals surface area contributed by atoms with Gasteiger partial charge in [-0.2, -0.15) is 10.1 Å². The minimum atomic E-state index is 0.188. The monoisotopic (exact) mass is 407 g/mol. The van der Waals surface area contributed by atoms with Crippen LogP contribution in [0.15, 0.2) is 58.7 Å². The average Bonchev–Trinajstić information content (AvgIpc) is 3.30. The summed E-state index contributed by atoms with van der Waals surface area (Å²) in [5, 5.41) is 20.6. The Bertz CT molecular complexity index is 1150. The van der Waals surface area contributed by atoms with E-state index in [4.69, 9.17) is 4.98 Å². The molecule has 148 valence electrons. The van der Waals surface area contributed by atoms with Gasteiger partial charge in [0.25, 0.3) is 0 Å². The number of aromatic nitrogens is 5. The number of anilines is 3. The van der Waals surface area contributed by atoms with Crippen LogP contribution in [-0.2, 0) is 0 Å². The Labute approximate surface area is 172 Å². The van der Waals surface area contributed by atoms with Crippen LogP contribution in [0.25, 0.3) is 5.65 Å². The molecule has 1 aliphatic rings. The molecule has 1 aromatic carbocycles. The number of aryl methyl sites for hydroxylation is 1. The SMILES string of the molecule is Cc1cc(Nc2nc(Sc3cccc(N4CCC4CO)c3)nc3cccn23)n[nH]1. The molecule has 0 spiro atoms. The Morgan fingerprint density at radius 1 is 1.24 bits per heavy atom. The third-order valence-corrected chi connectivity index (χ3v) is 5.88. The number of aromatic amines is 1. The van der Waals surface area contributed by atoms with Crippen molar-refractivity contribution < 1.29 is 5.11 Å². The number of hydrogen-bond donors (Lipinski definition) is 3. The second-order valence-electron chi connectivity index (χ2n) is 7.05. The van der Waals surface area contributed by atoms with Gasteiger partial charge in [0.2, 0.25) is 5.95 Å². The number of hydrogen-bond acceptors (Lipinski definition) is 7. The van der Waals surface area contributed by atoms with Crippen LogP contribution in [0.5, 0.6) is 0 Å². The Morgan fingerprint density at radius 3 is 2.93 bits per heavy atom. The number of aliphatic hydroxyl groups excluding tert-OH is 1. The van der Waals surface area contributed by atoms with E-state index in [1.165, 1.54) is 11.8 Å². The molecule has 0 saturated carbocycles. The number of nitrogens with one attached hydrogen (secondary N) is 2. The van der Waals surface area contributed by atoms with Gasteiger partial charge in [-0.1, -0.05) is 6.07 Å². The van der Waals surface area contributed by atoms with Crippen molar-refractivity contribution in [3.05, 3.63) is 54.4 Å². The molecule has 0 radical (unpaired) electrons. The van der Waals surface area contributed by atoms with Crippen molar-refractivity contribution in [2.45, 2.75) is 29.4 Å². The fraction of sp³-hybridized carbons (Fsp3) is 0.250. The molecule has 8 nitrogen and oxygen atoms in total. The van der Waals surface area contributed by atoms with E-state index >= 15 is 0 Å². The maximum Gasteiger partial charge on any atom is 0.216 e. The zero-order chi connectivity index (χ0) is 19.8. The summed E-state index contributed by atoms with van der Waals surface area (Å²) in [4.78, 5) is 12.7. The van der Waals surface area contributed by atoms with Crippen LogP contribution < -0.4 is 10.2 Å². The van der Waals surface area contributed by atoms with Gasteiger partial charge < -0.3 is 15.3 Å². The second kappa shape index (κ2) is 7.41. The predicted molar refractivity (Wildman–Crippen MR) is 113 cm³/mol. The number of benzene rings is 1. The first-order valence-corrected chi connectivity index (χ1v) is 10.3. The first-order valence-electron chi connectivity index (χ1n) is 9.49. The van der Waals surface area contributed by atoms with Crippen LogP contribution in [0.3, 0.4) is 0 Å². The largest absolute Gasteiger partial charge is 0.394 e. The Kier molecular flexibility index (Phi) is 4.61. The topological polar surface area (TPSA) is 94.4 Å². The third-order valence-electron chi connectivity index (χ3n) is 5.03. The standard InChI is InChI=1S/C20H21N7OS/c1-13-10-17(25-24-13)21-19-23-20(22-18-6-3-8-27(18)19)29-16-5-2-4-14(11-16)26-9-7-15(26)12-28/h2-6,8,10-11,15,28H,7,9,12H2,1H3,(H2,21,22,23,24,25). The highest BCUT2D eigenvalue weighted by Crippen LogP contribution is 2.32. The van der Waals surface area contributed by atoms with Gasteiger partial charge in [0, 0.05) is 35.1 Å². The van der Waals surface area contributed by atoms with Crippen LogP contribution in [0.2, 0.25) is 0 Å². The van der Waals surface area contributed by atoms with Crippen molar-refractivity contribution in [2.24, 2.45) is 0 Å². The number of fused-ring (bicyclic) bond motifs is 1. The molecule has 1 saturated heterocycles. The third kappa shape index (κ3) is 3.54. The molecule has 1 fully saturated rings. The molecule has 9 heteroatoms. The van der Waals surface area contributed by atoms with Gasteiger partial charge in [0.1, 0.15) is 5.65 Å². The molecule has 3 aromatic heterocycles. The number of aliphatic hydroxyl groups is 1. The van der Waals surface area contributed by atoms with E-state index in [2.05, 4.69) is 43.6 Å². The van der Waals surface area contributed by atoms with Crippen LogP contribution in [0.4, 0.5) is 17.5 Å². The fourth-order valence-electron chi connectivity index (χ4n) is 3.44. The van der Waals surface area contributed by atoms with Crippen LogP contribution in [0.1, 0.15) is 12.1 Å². The van der Waals surface area contributed by atoms with Crippen molar-refractivity contribution in [2.75, 3.05) is 23.4 Å². The lowest BCUT2D eigenvalue weighted by atomic mass is 10.0. The van der Waals surface area contributed by atoms with Crippen molar-refractivity contribution in [1.82, 2.24) is 24.6 Å². The molecular weight excluding hydrogens is 386 g/mol. The van der Waals surface area contributed by atoms with E-state index in [1.54, 1.807) is 0 Å². The Hall–Kier alpha value is -3.04. The average molecular weight is 408 g/mol. The zero-order valence-electron chi connectivity index (χ0n) is 15.9. The number of H-pyrrole nitrogens is 1. The highest BCUT2D eigenvalue weighted by molar-refractivity contribution is 7.99. The van der Waals surface area contributed by atoms with Crippen LogP contribution >= 0.6 is 11.8 Å². The summed E-state index contributed by atoms with van der Waals surface area (Å²) in [5.41, 5.74) is 2.91. The maximum absolute atomic E-state index is 9.47. The molecule has 4 aromatic rings. The molecule has 3 N–H and O–H groups in total. The van der Waals surface area contributed by atoms with Crippen molar-refractivity contribution in [3.63, 3.8) is 0 Å². The van der Waals surface area contributed by atoms with Gasteiger partial charge in [-0.25, -0.2) is 4.98 Å². The molecule has 1 unspecified atom stereocenters. The van der Waals surface area contributed by atoms with Crippen molar-refractivity contribution in [1.29, 1.82) is 0 Å². The molecule has 5 rings (SSSR count). The first kappa shape index (κ1) is 18.0. The summed E-state index contributed by atoms with van der Waals surface area (Å²) < 4.78 is 1.90. The van der Waals surface area contributed by atoms with Gasteiger partial charge in [0.05, 0.1) is 12.6 Å². The van der Waals surface area contributed by atoms with E-state index in [-0.39, 0.29) is 12.6 Å². The summed E-state index contributed by atoms with van der Waals surface area (Å²) in [6, 6.07) is 14.3. The summed E-state index contributed by atoms with van der Waals surface area (Å²) in [7, 11) is 0. The number of rotatable bonds is 6. The lowest BCUT2D eigenvalue weighted by Crippen LogP contribution is -2.50. The summed E-state index contributed by atoms with van der Waals surface area (Å²) in [6.07, 6.45) is 2.95. The highest BCUT2D eigenvalue weighted by Gasteiger charge is 2.27. The van der Waals surface area contributed by atoms with Gasteiger partial charge >= 0.3 is 0 Å². The van der Waals surface area contributed by atoms with Gasteiger partial charge in [-0.3, -0.25) is 9.50 Å². The minimum Gasteiger partial charge on any atom is -0.394 e. The van der Waals surface area contributed by atoms with E-state index in [1.807, 2.05) is 41.8 Å². The molecule has 29 heavy (non-hydrogen) atoms. The van der Waals surface area contributed by atoms with E-state index < -0.39 is 0 Å². The minimum absolute atomic E-state index is 0.188. The van der Waals surface area contributed by atoms with Gasteiger partial charge in [0.15, 0.2) is 11.0 Å². The number of nitrogens with zero attached hydrogens (tertiary/aromatic N) is 5. The summed E-state index contributed by atoms with van der Waals surface area (Å²) in [5.74, 6) is 1.37. The van der Waals surface area contributed by atoms with Crippen molar-refractivity contribution in [3.8, 4) is 0 Å². The van der Waals surface area contributed by atoms with E-state index in [0.717, 1.165) is 34.9 Å². The van der Waals surface area contributed by atoms with Crippen molar-refractivity contribution >= 4 is 34.9 Å². The molecule has 4 heterocycles. The predicted octanol–water partition coefficient (Wildman–Crippen LogP) is 3.23. The first-order chi connectivity index (χ1) is 14.2. The van der Waals surface area contributed by atoms with E-state index in [9.17, 15) is 5.11 Å². The molecule has 1 atom stereocenters. The lowest BCUT2D eigenvalue weighted by Gasteiger charge is -2.42. The van der Waals surface area contributed by atoms with Crippen LogP contribution in [0, 0.1) is 6.92 Å².